The summed E-state index contributed by atoms with van der Waals surface area (Å²) in [6, 6.07) is 3.69. The van der Waals surface area contributed by atoms with Gasteiger partial charge in [0.2, 0.25) is 0 Å². The van der Waals surface area contributed by atoms with Gasteiger partial charge in [0.25, 0.3) is 0 Å². The summed E-state index contributed by atoms with van der Waals surface area (Å²) in [5, 5.41) is 0.590. The molecule has 0 saturated heterocycles. The average Bonchev–Trinajstić information content (AvgIpc) is 2.40. The van der Waals surface area contributed by atoms with Crippen LogP contribution in [0.3, 0.4) is 0 Å². The predicted octanol–water partition coefficient (Wildman–Crippen LogP) is 2.57. The molecule has 0 atom stereocenters. The van der Waals surface area contributed by atoms with Crippen LogP contribution in [-0.2, 0) is 15.4 Å². The molecule has 0 unspecified atom stereocenters. The third-order valence-corrected chi connectivity index (χ3v) is 3.08. The first kappa shape index (κ1) is 15.5. The van der Waals surface area contributed by atoms with Crippen LogP contribution in [0.1, 0.15) is 5.69 Å². The van der Waals surface area contributed by atoms with Gasteiger partial charge >= 0.3 is 0 Å². The molecule has 1 heterocycles. The standard InChI is InChI=1S/C12H18Cl2N2O2/c1-17-7-5-16(6-8-18-2)12-4-3-10(14)11(9-13)15-12/h3-4H,5-9H2,1-2H3. The van der Waals surface area contributed by atoms with Gasteiger partial charge in [-0.2, -0.15) is 0 Å². The second-order valence-electron chi connectivity index (χ2n) is 3.70. The number of hydrogen-bond donors (Lipinski definition) is 0. The zero-order valence-corrected chi connectivity index (χ0v) is 12.2. The number of pyridine rings is 1. The Morgan fingerprint density at radius 2 is 1.78 bits per heavy atom. The summed E-state index contributed by atoms with van der Waals surface area (Å²) in [4.78, 5) is 6.53. The fourth-order valence-electron chi connectivity index (χ4n) is 1.49. The van der Waals surface area contributed by atoms with Crippen LogP contribution in [0.15, 0.2) is 12.1 Å². The SMILES string of the molecule is COCCN(CCOC)c1ccc(Cl)c(CCl)n1. The van der Waals surface area contributed by atoms with Crippen molar-refractivity contribution in [1.82, 2.24) is 4.98 Å². The molecule has 4 nitrogen and oxygen atoms in total. The lowest BCUT2D eigenvalue weighted by molar-refractivity contribution is 0.190. The summed E-state index contributed by atoms with van der Waals surface area (Å²) in [5.41, 5.74) is 0.690. The monoisotopic (exact) mass is 292 g/mol. The quantitative estimate of drug-likeness (QED) is 0.690. The molecule has 0 amide bonds. The lowest BCUT2D eigenvalue weighted by Crippen LogP contribution is -2.31. The molecule has 0 aromatic carbocycles. The Kier molecular flexibility index (Phi) is 7.35. The molecule has 0 aliphatic carbocycles. The Labute approximate surface area is 118 Å². The van der Waals surface area contributed by atoms with Gasteiger partial charge in [-0.15, -0.1) is 11.6 Å². The molecule has 0 fully saturated rings. The molecule has 0 saturated carbocycles. The van der Waals surface area contributed by atoms with Crippen molar-refractivity contribution < 1.29 is 9.47 Å². The average molecular weight is 293 g/mol. The smallest absolute Gasteiger partial charge is 0.129 e. The molecule has 1 aromatic heterocycles. The van der Waals surface area contributed by atoms with E-state index in [1.807, 2.05) is 12.1 Å². The van der Waals surface area contributed by atoms with Crippen molar-refractivity contribution in [3.63, 3.8) is 0 Å². The number of aromatic nitrogens is 1. The highest BCUT2D eigenvalue weighted by molar-refractivity contribution is 6.32. The van der Waals surface area contributed by atoms with Crippen LogP contribution in [0.2, 0.25) is 5.02 Å². The number of rotatable bonds is 8. The fourth-order valence-corrected chi connectivity index (χ4v) is 1.93. The van der Waals surface area contributed by atoms with Crippen LogP contribution >= 0.6 is 23.2 Å². The van der Waals surface area contributed by atoms with Gasteiger partial charge < -0.3 is 14.4 Å². The second-order valence-corrected chi connectivity index (χ2v) is 4.38. The van der Waals surface area contributed by atoms with Gasteiger partial charge in [0.05, 0.1) is 29.8 Å². The maximum atomic E-state index is 5.99. The zero-order valence-electron chi connectivity index (χ0n) is 10.7. The normalized spacial score (nSPS) is 10.7. The lowest BCUT2D eigenvalue weighted by Gasteiger charge is -2.23. The van der Waals surface area contributed by atoms with Crippen LogP contribution in [0.25, 0.3) is 0 Å². The summed E-state index contributed by atoms with van der Waals surface area (Å²) < 4.78 is 10.2. The molecule has 6 heteroatoms. The van der Waals surface area contributed by atoms with E-state index in [9.17, 15) is 0 Å². The number of alkyl halides is 1. The molecule has 0 N–H and O–H groups in total. The van der Waals surface area contributed by atoms with Crippen molar-refractivity contribution in [2.75, 3.05) is 45.4 Å². The number of methoxy groups -OCH3 is 2. The summed E-state index contributed by atoms with van der Waals surface area (Å²) in [7, 11) is 3.35. The van der Waals surface area contributed by atoms with Crippen molar-refractivity contribution in [2.45, 2.75) is 5.88 Å². The highest BCUT2D eigenvalue weighted by Gasteiger charge is 2.10. The van der Waals surface area contributed by atoms with Crippen LogP contribution in [0.5, 0.6) is 0 Å². The first-order valence-corrected chi connectivity index (χ1v) is 6.58. The molecule has 0 bridgehead atoms. The minimum atomic E-state index is 0.301. The molecule has 1 aromatic rings. The third kappa shape index (κ3) is 4.61. The molecule has 0 aliphatic heterocycles. The van der Waals surface area contributed by atoms with Crippen molar-refractivity contribution >= 4 is 29.0 Å². The maximum Gasteiger partial charge on any atom is 0.129 e. The van der Waals surface area contributed by atoms with Crippen molar-refractivity contribution in [2.24, 2.45) is 0 Å². The van der Waals surface area contributed by atoms with E-state index in [1.54, 1.807) is 14.2 Å². The van der Waals surface area contributed by atoms with Gasteiger partial charge in [-0.3, -0.25) is 0 Å². The number of halogens is 2. The van der Waals surface area contributed by atoms with Gasteiger partial charge in [0.15, 0.2) is 0 Å². The molecular formula is C12H18Cl2N2O2. The zero-order chi connectivity index (χ0) is 13.4. The van der Waals surface area contributed by atoms with E-state index in [0.717, 1.165) is 18.9 Å². The van der Waals surface area contributed by atoms with Crippen LogP contribution < -0.4 is 4.90 Å². The highest BCUT2D eigenvalue weighted by Crippen LogP contribution is 2.20. The number of anilines is 1. The van der Waals surface area contributed by atoms with Gasteiger partial charge in [-0.05, 0) is 12.1 Å². The van der Waals surface area contributed by atoms with E-state index in [4.69, 9.17) is 32.7 Å². The van der Waals surface area contributed by atoms with Crippen LogP contribution in [0.4, 0.5) is 5.82 Å². The predicted molar refractivity (Wildman–Crippen MR) is 74.8 cm³/mol. The molecular weight excluding hydrogens is 275 g/mol. The van der Waals surface area contributed by atoms with E-state index in [1.165, 1.54) is 0 Å². The number of nitrogens with zero attached hydrogens (tertiary/aromatic N) is 2. The van der Waals surface area contributed by atoms with Crippen LogP contribution in [0, 0.1) is 0 Å². The minimum Gasteiger partial charge on any atom is -0.383 e. The van der Waals surface area contributed by atoms with E-state index in [-0.39, 0.29) is 0 Å². The molecule has 0 radical (unpaired) electrons. The number of hydrogen-bond acceptors (Lipinski definition) is 4. The Morgan fingerprint density at radius 3 is 2.28 bits per heavy atom. The van der Waals surface area contributed by atoms with E-state index >= 15 is 0 Å². The Balaban J connectivity index is 2.82. The largest absolute Gasteiger partial charge is 0.383 e. The molecule has 1 rings (SSSR count). The Morgan fingerprint density at radius 1 is 1.17 bits per heavy atom. The van der Waals surface area contributed by atoms with Crippen LogP contribution in [-0.4, -0.2) is 45.5 Å². The Hall–Kier alpha value is -0.550. The van der Waals surface area contributed by atoms with Gasteiger partial charge in [-0.25, -0.2) is 4.98 Å². The summed E-state index contributed by atoms with van der Waals surface area (Å²) in [6.07, 6.45) is 0. The van der Waals surface area contributed by atoms with E-state index in [0.29, 0.717) is 29.8 Å². The molecule has 0 aliphatic rings. The molecule has 0 spiro atoms. The Bertz CT molecular complexity index is 356. The second kappa shape index (κ2) is 8.53. The van der Waals surface area contributed by atoms with Crippen molar-refractivity contribution in [3.05, 3.63) is 22.8 Å². The number of ether oxygens (including phenoxy) is 2. The summed E-state index contributed by atoms with van der Waals surface area (Å²) >= 11 is 11.8. The highest BCUT2D eigenvalue weighted by atomic mass is 35.5. The van der Waals surface area contributed by atoms with E-state index in [2.05, 4.69) is 9.88 Å². The van der Waals surface area contributed by atoms with E-state index < -0.39 is 0 Å². The third-order valence-electron chi connectivity index (χ3n) is 2.49. The summed E-state index contributed by atoms with van der Waals surface area (Å²) in [6.45, 7) is 2.75. The van der Waals surface area contributed by atoms with Gasteiger partial charge in [0.1, 0.15) is 5.82 Å². The first-order valence-electron chi connectivity index (χ1n) is 5.67. The van der Waals surface area contributed by atoms with Crippen molar-refractivity contribution in [1.29, 1.82) is 0 Å². The first-order chi connectivity index (χ1) is 8.72. The molecule has 102 valence electrons. The van der Waals surface area contributed by atoms with Crippen molar-refractivity contribution in [3.8, 4) is 0 Å². The summed E-state index contributed by atoms with van der Waals surface area (Å²) in [5.74, 6) is 1.14. The maximum absolute atomic E-state index is 5.99. The lowest BCUT2D eigenvalue weighted by atomic mass is 10.3. The topological polar surface area (TPSA) is 34.6 Å². The molecule has 18 heavy (non-hydrogen) atoms. The van der Waals surface area contributed by atoms with Gasteiger partial charge in [0, 0.05) is 27.3 Å². The fraction of sp³-hybridized carbons (Fsp3) is 0.583. The minimum absolute atomic E-state index is 0.301. The van der Waals surface area contributed by atoms with Gasteiger partial charge in [-0.1, -0.05) is 11.6 Å².